The van der Waals surface area contributed by atoms with Crippen molar-refractivity contribution in [3.63, 3.8) is 0 Å². The number of benzene rings is 11. The summed E-state index contributed by atoms with van der Waals surface area (Å²) < 4.78 is 4.94. The van der Waals surface area contributed by atoms with E-state index in [0.29, 0.717) is 0 Å². The molecule has 13 rings (SSSR count). The first kappa shape index (κ1) is 39.4. The average molecular weight is 865 g/mol. The van der Waals surface area contributed by atoms with Crippen LogP contribution in [-0.2, 0) is 0 Å². The molecule has 0 N–H and O–H groups in total. The molecule has 0 amide bonds. The Kier molecular flexibility index (Phi) is 9.54. The van der Waals surface area contributed by atoms with Crippen molar-refractivity contribution in [3.05, 3.63) is 267 Å². The van der Waals surface area contributed by atoms with Crippen molar-refractivity contribution in [1.82, 2.24) is 9.13 Å². The molecule has 0 bridgehead atoms. The first-order valence-electron chi connectivity index (χ1n) is 23.4. The fourth-order valence-corrected chi connectivity index (χ4v) is 10.5. The number of nitrogens with zero attached hydrogens (tertiary/aromatic N) is 2. The molecule has 318 valence electrons. The van der Waals surface area contributed by atoms with Crippen LogP contribution in [0.15, 0.2) is 267 Å². The van der Waals surface area contributed by atoms with Gasteiger partial charge in [0.2, 0.25) is 0 Å². The lowest BCUT2D eigenvalue weighted by Gasteiger charge is -2.14. The van der Waals surface area contributed by atoms with Gasteiger partial charge in [0.15, 0.2) is 0 Å². The van der Waals surface area contributed by atoms with Crippen LogP contribution in [0.5, 0.6) is 0 Å². The summed E-state index contributed by atoms with van der Waals surface area (Å²) in [4.78, 5) is 0. The van der Waals surface area contributed by atoms with Crippen molar-refractivity contribution in [2.24, 2.45) is 0 Å². The highest BCUT2D eigenvalue weighted by atomic mass is 15.0. The fourth-order valence-electron chi connectivity index (χ4n) is 10.5. The fraction of sp³-hybridized carbons (Fsp3) is 0. The molecule has 2 heteroatoms. The summed E-state index contributed by atoms with van der Waals surface area (Å²) in [7, 11) is 0. The van der Waals surface area contributed by atoms with E-state index in [1.54, 1.807) is 0 Å². The van der Waals surface area contributed by atoms with Gasteiger partial charge in [-0.2, -0.15) is 0 Å². The molecule has 68 heavy (non-hydrogen) atoms. The molecule has 0 unspecified atom stereocenters. The van der Waals surface area contributed by atoms with Gasteiger partial charge in [0.1, 0.15) is 0 Å². The van der Waals surface area contributed by atoms with Crippen molar-refractivity contribution in [3.8, 4) is 78.1 Å². The standard InChI is InChI=1S/C66H44N2/c1-7-19-45(20-8-1)48-31-35-56(36-32-48)68-64-38-34-52(40-60(64)62-44-54(47-23-11-3-12-24-47)42-58(66(62)68)50-27-15-5-16-28-50)51-33-37-63-59(39-51)61-43-53(46-21-9-2-10-22-46)41-57(49-25-13-4-14-26-49)65(61)67(63)55-29-17-6-18-30-55/h1-44H. The van der Waals surface area contributed by atoms with E-state index < -0.39 is 0 Å². The second kappa shape index (κ2) is 16.5. The van der Waals surface area contributed by atoms with Crippen LogP contribution in [-0.4, -0.2) is 9.13 Å². The molecule has 13 aromatic rings. The molecule has 0 aliphatic carbocycles. The monoisotopic (exact) mass is 864 g/mol. The van der Waals surface area contributed by atoms with Crippen molar-refractivity contribution in [1.29, 1.82) is 0 Å². The Hall–Kier alpha value is -8.98. The molecule has 0 spiro atoms. The quantitative estimate of drug-likeness (QED) is 0.144. The second-order valence-electron chi connectivity index (χ2n) is 17.7. The molecule has 0 saturated carbocycles. The highest BCUT2D eigenvalue weighted by Gasteiger charge is 2.22. The molecule has 0 aliphatic rings. The predicted molar refractivity (Wildman–Crippen MR) is 288 cm³/mol. The third-order valence-corrected chi connectivity index (χ3v) is 13.7. The van der Waals surface area contributed by atoms with E-state index in [4.69, 9.17) is 0 Å². The third-order valence-electron chi connectivity index (χ3n) is 13.7. The molecule has 0 aliphatic heterocycles. The largest absolute Gasteiger partial charge is 0.309 e. The van der Waals surface area contributed by atoms with Gasteiger partial charge < -0.3 is 9.13 Å². The van der Waals surface area contributed by atoms with Crippen LogP contribution in [0, 0.1) is 0 Å². The summed E-state index contributed by atoms with van der Waals surface area (Å²) >= 11 is 0. The number of hydrogen-bond donors (Lipinski definition) is 0. The van der Waals surface area contributed by atoms with E-state index in [2.05, 4.69) is 276 Å². The highest BCUT2D eigenvalue weighted by Crippen LogP contribution is 2.45. The van der Waals surface area contributed by atoms with Gasteiger partial charge >= 0.3 is 0 Å². The van der Waals surface area contributed by atoms with Gasteiger partial charge in [-0.1, -0.05) is 194 Å². The Morgan fingerprint density at radius 1 is 0.191 bits per heavy atom. The summed E-state index contributed by atoms with van der Waals surface area (Å²) in [6.45, 7) is 0. The number of aromatic nitrogens is 2. The van der Waals surface area contributed by atoms with E-state index in [-0.39, 0.29) is 0 Å². The Labute approximate surface area is 395 Å². The molecular formula is C66H44N2. The van der Waals surface area contributed by atoms with Crippen LogP contribution in [0.4, 0.5) is 0 Å². The molecule has 11 aromatic carbocycles. The van der Waals surface area contributed by atoms with Gasteiger partial charge in [-0.05, 0) is 128 Å². The minimum Gasteiger partial charge on any atom is -0.309 e. The lowest BCUT2D eigenvalue weighted by atomic mass is 9.94. The zero-order chi connectivity index (χ0) is 45.0. The predicted octanol–water partition coefficient (Wildman–Crippen LogP) is 17.9. The lowest BCUT2D eigenvalue weighted by Crippen LogP contribution is -1.96. The maximum atomic E-state index is 2.48. The number of hydrogen-bond acceptors (Lipinski definition) is 0. The van der Waals surface area contributed by atoms with Crippen LogP contribution >= 0.6 is 0 Å². The van der Waals surface area contributed by atoms with Gasteiger partial charge in [-0.3, -0.25) is 0 Å². The van der Waals surface area contributed by atoms with Crippen LogP contribution in [0.2, 0.25) is 0 Å². The van der Waals surface area contributed by atoms with Gasteiger partial charge in [-0.25, -0.2) is 0 Å². The molecular weight excluding hydrogens is 821 g/mol. The van der Waals surface area contributed by atoms with E-state index in [0.717, 1.165) is 11.4 Å². The van der Waals surface area contributed by atoms with Gasteiger partial charge in [0.25, 0.3) is 0 Å². The smallest absolute Gasteiger partial charge is 0.0619 e. The number of rotatable bonds is 8. The molecule has 0 saturated heterocycles. The highest BCUT2D eigenvalue weighted by molar-refractivity contribution is 6.18. The van der Waals surface area contributed by atoms with Crippen LogP contribution in [0.3, 0.4) is 0 Å². The Morgan fingerprint density at radius 3 is 0.882 bits per heavy atom. The maximum absolute atomic E-state index is 2.48. The van der Waals surface area contributed by atoms with E-state index in [1.807, 2.05) is 0 Å². The molecule has 2 aromatic heterocycles. The normalized spacial score (nSPS) is 11.5. The Balaban J connectivity index is 1.08. The molecule has 2 nitrogen and oxygen atoms in total. The minimum absolute atomic E-state index is 1.13. The number of para-hydroxylation sites is 1. The summed E-state index contributed by atoms with van der Waals surface area (Å²) in [6.07, 6.45) is 0. The Morgan fingerprint density at radius 2 is 0.485 bits per heavy atom. The average Bonchev–Trinajstić information content (AvgIpc) is 3.94. The molecule has 0 fully saturated rings. The van der Waals surface area contributed by atoms with Crippen LogP contribution in [0.25, 0.3) is 122 Å². The summed E-state index contributed by atoms with van der Waals surface area (Å²) in [6, 6.07) is 97.5. The summed E-state index contributed by atoms with van der Waals surface area (Å²) in [5.41, 5.74) is 21.3. The van der Waals surface area contributed by atoms with E-state index in [1.165, 1.54) is 110 Å². The first-order valence-corrected chi connectivity index (χ1v) is 23.4. The summed E-state index contributed by atoms with van der Waals surface area (Å²) in [5.74, 6) is 0. The lowest BCUT2D eigenvalue weighted by molar-refractivity contribution is 1.18. The van der Waals surface area contributed by atoms with Gasteiger partial charge in [0, 0.05) is 44.0 Å². The van der Waals surface area contributed by atoms with Crippen molar-refractivity contribution in [2.75, 3.05) is 0 Å². The first-order chi connectivity index (χ1) is 33.7. The van der Waals surface area contributed by atoms with E-state index in [9.17, 15) is 0 Å². The van der Waals surface area contributed by atoms with Crippen LogP contribution < -0.4 is 0 Å². The third kappa shape index (κ3) is 6.73. The zero-order valence-corrected chi connectivity index (χ0v) is 37.3. The number of fused-ring (bicyclic) bond motifs is 6. The van der Waals surface area contributed by atoms with E-state index >= 15 is 0 Å². The topological polar surface area (TPSA) is 9.86 Å². The maximum Gasteiger partial charge on any atom is 0.0619 e. The van der Waals surface area contributed by atoms with Gasteiger partial charge in [-0.15, -0.1) is 0 Å². The molecule has 0 atom stereocenters. The second-order valence-corrected chi connectivity index (χ2v) is 17.7. The minimum atomic E-state index is 1.13. The SMILES string of the molecule is c1ccc(-c2ccc(-n3c4ccc(-c5ccc6c(c5)c5cc(-c7ccccc7)cc(-c7ccccc7)c5n6-c5ccccc5)cc4c4cc(-c5ccccc5)cc(-c5ccccc5)c43)cc2)cc1. The molecule has 0 radical (unpaired) electrons. The van der Waals surface area contributed by atoms with Gasteiger partial charge in [0.05, 0.1) is 22.1 Å². The Bertz CT molecular complexity index is 3950. The van der Waals surface area contributed by atoms with Crippen molar-refractivity contribution < 1.29 is 0 Å². The summed E-state index contributed by atoms with van der Waals surface area (Å²) in [5, 5.41) is 4.87. The van der Waals surface area contributed by atoms with Crippen molar-refractivity contribution >= 4 is 43.6 Å². The molecule has 2 heterocycles. The van der Waals surface area contributed by atoms with Crippen molar-refractivity contribution in [2.45, 2.75) is 0 Å². The van der Waals surface area contributed by atoms with Crippen LogP contribution in [0.1, 0.15) is 0 Å². The zero-order valence-electron chi connectivity index (χ0n) is 37.3.